The molecular weight excluding hydrogens is 242 g/mol. The average molecular weight is 265 g/mol. The molecule has 2 nitrogen and oxygen atoms in total. The standard InChI is InChI=1S/C15H23NOS/c1-2-6-16-14(8-11-5-7-18-10-11)13-9-12-3-4-15(13)17-12/h5,7,10,12-16H,2-4,6,8-9H2,1H3. The van der Waals surface area contributed by atoms with Gasteiger partial charge in [-0.3, -0.25) is 0 Å². The molecule has 0 aliphatic carbocycles. The van der Waals surface area contributed by atoms with Crippen LogP contribution in [0.25, 0.3) is 0 Å². The highest BCUT2D eigenvalue weighted by Crippen LogP contribution is 2.41. The van der Waals surface area contributed by atoms with Crippen molar-refractivity contribution >= 4 is 11.3 Å². The lowest BCUT2D eigenvalue weighted by Gasteiger charge is -2.29. The Balaban J connectivity index is 1.65. The number of nitrogens with one attached hydrogen (secondary N) is 1. The van der Waals surface area contributed by atoms with Crippen LogP contribution in [0, 0.1) is 5.92 Å². The zero-order chi connectivity index (χ0) is 12.4. The molecule has 2 saturated heterocycles. The molecule has 4 atom stereocenters. The molecule has 2 bridgehead atoms. The fourth-order valence-electron chi connectivity index (χ4n) is 3.47. The average Bonchev–Trinajstić information content (AvgIpc) is 3.10. The van der Waals surface area contributed by atoms with Crippen molar-refractivity contribution in [2.75, 3.05) is 6.54 Å². The Morgan fingerprint density at radius 3 is 3.06 bits per heavy atom. The predicted molar refractivity (Wildman–Crippen MR) is 76.1 cm³/mol. The van der Waals surface area contributed by atoms with E-state index in [1.165, 1.54) is 37.7 Å². The van der Waals surface area contributed by atoms with Crippen molar-refractivity contribution in [3.8, 4) is 0 Å². The summed E-state index contributed by atoms with van der Waals surface area (Å²) in [6.07, 6.45) is 7.32. The van der Waals surface area contributed by atoms with Crippen molar-refractivity contribution in [1.29, 1.82) is 0 Å². The van der Waals surface area contributed by atoms with Crippen LogP contribution in [-0.4, -0.2) is 24.8 Å². The maximum atomic E-state index is 6.03. The predicted octanol–water partition coefficient (Wildman–Crippen LogP) is 3.23. The minimum Gasteiger partial charge on any atom is -0.375 e. The van der Waals surface area contributed by atoms with E-state index in [-0.39, 0.29) is 0 Å². The maximum Gasteiger partial charge on any atom is 0.0623 e. The number of hydrogen-bond donors (Lipinski definition) is 1. The van der Waals surface area contributed by atoms with E-state index in [0.717, 1.165) is 12.5 Å². The van der Waals surface area contributed by atoms with Crippen LogP contribution in [-0.2, 0) is 11.2 Å². The van der Waals surface area contributed by atoms with Gasteiger partial charge >= 0.3 is 0 Å². The van der Waals surface area contributed by atoms with Crippen LogP contribution < -0.4 is 5.32 Å². The van der Waals surface area contributed by atoms with Crippen molar-refractivity contribution in [1.82, 2.24) is 5.32 Å². The van der Waals surface area contributed by atoms with Crippen molar-refractivity contribution < 1.29 is 4.74 Å². The third-order valence-corrected chi connectivity index (χ3v) is 5.09. The normalized spacial score (nSPS) is 31.9. The molecule has 100 valence electrons. The summed E-state index contributed by atoms with van der Waals surface area (Å²) in [5.41, 5.74) is 1.48. The summed E-state index contributed by atoms with van der Waals surface area (Å²) in [5, 5.41) is 8.23. The lowest BCUT2D eigenvalue weighted by atomic mass is 9.81. The highest BCUT2D eigenvalue weighted by Gasteiger charge is 2.44. The first-order chi connectivity index (χ1) is 8.86. The molecule has 0 saturated carbocycles. The zero-order valence-corrected chi connectivity index (χ0v) is 11.9. The van der Waals surface area contributed by atoms with Crippen molar-refractivity contribution in [3.63, 3.8) is 0 Å². The Kier molecular flexibility index (Phi) is 4.02. The lowest BCUT2D eigenvalue weighted by Crippen LogP contribution is -2.42. The van der Waals surface area contributed by atoms with Crippen LogP contribution in [0.5, 0.6) is 0 Å². The topological polar surface area (TPSA) is 21.3 Å². The highest BCUT2D eigenvalue weighted by molar-refractivity contribution is 7.07. The molecule has 2 fully saturated rings. The minimum atomic E-state index is 0.531. The first-order valence-corrected chi connectivity index (χ1v) is 8.21. The summed E-state index contributed by atoms with van der Waals surface area (Å²) in [6, 6.07) is 2.87. The molecule has 0 spiro atoms. The van der Waals surface area contributed by atoms with Gasteiger partial charge in [0.1, 0.15) is 0 Å². The Labute approximate surface area is 114 Å². The summed E-state index contributed by atoms with van der Waals surface area (Å²) in [4.78, 5) is 0. The molecule has 0 radical (unpaired) electrons. The Morgan fingerprint density at radius 1 is 1.50 bits per heavy atom. The van der Waals surface area contributed by atoms with E-state index in [0.29, 0.717) is 18.2 Å². The molecule has 18 heavy (non-hydrogen) atoms. The largest absolute Gasteiger partial charge is 0.375 e. The smallest absolute Gasteiger partial charge is 0.0623 e. The summed E-state index contributed by atoms with van der Waals surface area (Å²) < 4.78 is 6.03. The molecule has 3 rings (SSSR count). The van der Waals surface area contributed by atoms with Gasteiger partial charge in [0.15, 0.2) is 0 Å². The molecule has 2 aliphatic heterocycles. The van der Waals surface area contributed by atoms with Crippen molar-refractivity contribution in [2.45, 2.75) is 57.3 Å². The van der Waals surface area contributed by atoms with Gasteiger partial charge in [-0.05, 0) is 61.0 Å². The molecule has 0 aromatic carbocycles. The molecule has 1 N–H and O–H groups in total. The molecule has 3 heterocycles. The van der Waals surface area contributed by atoms with E-state index in [4.69, 9.17) is 4.74 Å². The van der Waals surface area contributed by atoms with Crippen LogP contribution in [0.1, 0.15) is 38.2 Å². The van der Waals surface area contributed by atoms with E-state index in [1.807, 2.05) is 0 Å². The fraction of sp³-hybridized carbons (Fsp3) is 0.733. The van der Waals surface area contributed by atoms with Gasteiger partial charge < -0.3 is 10.1 Å². The third-order valence-electron chi connectivity index (χ3n) is 4.36. The van der Waals surface area contributed by atoms with Gasteiger partial charge in [0.25, 0.3) is 0 Å². The fourth-order valence-corrected chi connectivity index (χ4v) is 4.15. The number of fused-ring (bicyclic) bond motifs is 2. The molecule has 1 aromatic rings. The highest BCUT2D eigenvalue weighted by atomic mass is 32.1. The second-order valence-electron chi connectivity index (χ2n) is 5.67. The van der Waals surface area contributed by atoms with Gasteiger partial charge in [0.2, 0.25) is 0 Å². The first kappa shape index (κ1) is 12.6. The van der Waals surface area contributed by atoms with Gasteiger partial charge in [0.05, 0.1) is 12.2 Å². The quantitative estimate of drug-likeness (QED) is 0.852. The Hall–Kier alpha value is -0.380. The van der Waals surface area contributed by atoms with Gasteiger partial charge in [-0.2, -0.15) is 11.3 Å². The van der Waals surface area contributed by atoms with E-state index >= 15 is 0 Å². The molecule has 2 aliphatic rings. The molecule has 4 unspecified atom stereocenters. The second kappa shape index (κ2) is 5.72. The number of rotatable bonds is 6. The van der Waals surface area contributed by atoms with Crippen molar-refractivity contribution in [2.24, 2.45) is 5.92 Å². The minimum absolute atomic E-state index is 0.531. The van der Waals surface area contributed by atoms with Gasteiger partial charge in [-0.15, -0.1) is 0 Å². The van der Waals surface area contributed by atoms with Crippen LogP contribution in [0.15, 0.2) is 16.8 Å². The third kappa shape index (κ3) is 2.63. The first-order valence-electron chi connectivity index (χ1n) is 7.26. The summed E-state index contributed by atoms with van der Waals surface area (Å²) >= 11 is 1.80. The van der Waals surface area contributed by atoms with Crippen LogP contribution in [0.3, 0.4) is 0 Å². The Morgan fingerprint density at radius 2 is 2.44 bits per heavy atom. The van der Waals surface area contributed by atoms with Gasteiger partial charge in [-0.1, -0.05) is 6.92 Å². The van der Waals surface area contributed by atoms with E-state index < -0.39 is 0 Å². The number of ether oxygens (including phenoxy) is 1. The SMILES string of the molecule is CCCNC(Cc1ccsc1)C1CC2CCC1O2. The molecule has 1 aromatic heterocycles. The van der Waals surface area contributed by atoms with E-state index in [1.54, 1.807) is 11.3 Å². The van der Waals surface area contributed by atoms with Crippen LogP contribution in [0.2, 0.25) is 0 Å². The molecular formula is C15H23NOS. The lowest BCUT2D eigenvalue weighted by molar-refractivity contribution is 0.0857. The molecule has 0 amide bonds. The molecule has 3 heteroatoms. The number of hydrogen-bond acceptors (Lipinski definition) is 3. The summed E-state index contributed by atoms with van der Waals surface area (Å²) in [5.74, 6) is 0.732. The van der Waals surface area contributed by atoms with E-state index in [2.05, 4.69) is 29.1 Å². The van der Waals surface area contributed by atoms with Crippen LogP contribution >= 0.6 is 11.3 Å². The zero-order valence-electron chi connectivity index (χ0n) is 11.1. The maximum absolute atomic E-state index is 6.03. The summed E-state index contributed by atoms with van der Waals surface area (Å²) in [6.45, 7) is 3.37. The van der Waals surface area contributed by atoms with Crippen LogP contribution in [0.4, 0.5) is 0 Å². The van der Waals surface area contributed by atoms with Crippen molar-refractivity contribution in [3.05, 3.63) is 22.4 Å². The summed E-state index contributed by atoms with van der Waals surface area (Å²) in [7, 11) is 0. The second-order valence-corrected chi connectivity index (χ2v) is 6.45. The van der Waals surface area contributed by atoms with Gasteiger partial charge in [0, 0.05) is 12.0 Å². The Bertz CT molecular complexity index is 365. The monoisotopic (exact) mass is 265 g/mol. The van der Waals surface area contributed by atoms with Gasteiger partial charge in [-0.25, -0.2) is 0 Å². The van der Waals surface area contributed by atoms with E-state index in [9.17, 15) is 0 Å². The number of thiophene rings is 1.